The summed E-state index contributed by atoms with van der Waals surface area (Å²) >= 11 is 0. The molecule has 20 heavy (non-hydrogen) atoms. The number of aryl methyl sites for hydroxylation is 1. The molecule has 3 rings (SSSR count). The number of hydrogen-bond acceptors (Lipinski definition) is 2. The van der Waals surface area contributed by atoms with Gasteiger partial charge in [0, 0.05) is 17.7 Å². The maximum absolute atomic E-state index is 12.0. The number of benzene rings is 1. The first kappa shape index (κ1) is 12.9. The molecule has 1 aromatic heterocycles. The monoisotopic (exact) mass is 269 g/mol. The molecule has 1 aliphatic carbocycles. The van der Waals surface area contributed by atoms with Crippen molar-refractivity contribution in [3.8, 4) is 0 Å². The molecule has 104 valence electrons. The van der Waals surface area contributed by atoms with Gasteiger partial charge in [-0.15, -0.1) is 0 Å². The van der Waals surface area contributed by atoms with E-state index in [0.717, 1.165) is 11.3 Å². The summed E-state index contributed by atoms with van der Waals surface area (Å²) in [7, 11) is 0. The fourth-order valence-electron chi connectivity index (χ4n) is 2.52. The standard InChI is InChI=1S/C16H19N3O/c1-11-4-2-5-12(8-11)9-16(20)17-15-10-14(18-19-15)13-6-3-7-13/h2,4-5,8,10,13H,3,6-7,9H2,1H3,(H2,17,18,19,20). The molecule has 0 atom stereocenters. The topological polar surface area (TPSA) is 57.8 Å². The predicted molar refractivity (Wildman–Crippen MR) is 78.7 cm³/mol. The molecule has 0 aliphatic heterocycles. The number of nitrogens with zero attached hydrogens (tertiary/aromatic N) is 1. The first-order valence-electron chi connectivity index (χ1n) is 7.11. The van der Waals surface area contributed by atoms with Crippen LogP contribution in [0, 0.1) is 6.92 Å². The lowest BCUT2D eigenvalue weighted by Gasteiger charge is -2.23. The highest BCUT2D eigenvalue weighted by atomic mass is 16.1. The normalized spacial score (nSPS) is 14.8. The van der Waals surface area contributed by atoms with Crippen molar-refractivity contribution in [2.75, 3.05) is 5.32 Å². The lowest BCUT2D eigenvalue weighted by molar-refractivity contribution is -0.115. The van der Waals surface area contributed by atoms with E-state index in [0.29, 0.717) is 18.2 Å². The second-order valence-corrected chi connectivity index (χ2v) is 5.55. The van der Waals surface area contributed by atoms with E-state index in [1.54, 1.807) is 0 Å². The van der Waals surface area contributed by atoms with Crippen LogP contribution in [0.1, 0.15) is 42.0 Å². The summed E-state index contributed by atoms with van der Waals surface area (Å²) < 4.78 is 0. The maximum atomic E-state index is 12.0. The number of aromatic amines is 1. The van der Waals surface area contributed by atoms with Crippen LogP contribution in [0.2, 0.25) is 0 Å². The van der Waals surface area contributed by atoms with E-state index < -0.39 is 0 Å². The molecule has 1 heterocycles. The summed E-state index contributed by atoms with van der Waals surface area (Å²) in [5.41, 5.74) is 3.33. The first-order chi connectivity index (χ1) is 9.70. The van der Waals surface area contributed by atoms with Gasteiger partial charge in [0.1, 0.15) is 0 Å². The Kier molecular flexibility index (Phi) is 3.54. The Bertz CT molecular complexity index is 614. The Hall–Kier alpha value is -2.10. The Balaban J connectivity index is 1.59. The average molecular weight is 269 g/mol. The first-order valence-corrected chi connectivity index (χ1v) is 7.11. The Morgan fingerprint density at radius 1 is 1.40 bits per heavy atom. The molecule has 1 amide bonds. The third kappa shape index (κ3) is 2.90. The minimum atomic E-state index is -0.0257. The minimum Gasteiger partial charge on any atom is -0.309 e. The van der Waals surface area contributed by atoms with Gasteiger partial charge in [-0.1, -0.05) is 36.2 Å². The van der Waals surface area contributed by atoms with Crippen molar-refractivity contribution in [3.05, 3.63) is 47.2 Å². The predicted octanol–water partition coefficient (Wildman–Crippen LogP) is 3.17. The molecule has 4 heteroatoms. The molecule has 2 N–H and O–H groups in total. The van der Waals surface area contributed by atoms with Crippen molar-refractivity contribution >= 4 is 11.7 Å². The Morgan fingerprint density at radius 3 is 2.95 bits per heavy atom. The van der Waals surface area contributed by atoms with Crippen molar-refractivity contribution in [3.63, 3.8) is 0 Å². The van der Waals surface area contributed by atoms with Gasteiger partial charge >= 0.3 is 0 Å². The largest absolute Gasteiger partial charge is 0.309 e. The highest BCUT2D eigenvalue weighted by Gasteiger charge is 2.21. The fraction of sp³-hybridized carbons (Fsp3) is 0.375. The zero-order valence-electron chi connectivity index (χ0n) is 11.6. The summed E-state index contributed by atoms with van der Waals surface area (Å²) in [4.78, 5) is 12.0. The van der Waals surface area contributed by atoms with Crippen LogP contribution in [0.4, 0.5) is 5.82 Å². The van der Waals surface area contributed by atoms with E-state index in [9.17, 15) is 4.79 Å². The van der Waals surface area contributed by atoms with E-state index in [2.05, 4.69) is 15.5 Å². The zero-order valence-corrected chi connectivity index (χ0v) is 11.6. The molecule has 0 unspecified atom stereocenters. The third-order valence-electron chi connectivity index (χ3n) is 3.86. The molecular weight excluding hydrogens is 250 g/mol. The summed E-state index contributed by atoms with van der Waals surface area (Å²) in [6.45, 7) is 2.03. The number of aromatic nitrogens is 2. The lowest BCUT2D eigenvalue weighted by Crippen LogP contribution is -2.14. The van der Waals surface area contributed by atoms with E-state index >= 15 is 0 Å². The van der Waals surface area contributed by atoms with Crippen molar-refractivity contribution in [2.24, 2.45) is 0 Å². The molecule has 0 radical (unpaired) electrons. The molecule has 0 saturated heterocycles. The van der Waals surface area contributed by atoms with Crippen LogP contribution in [0.5, 0.6) is 0 Å². The van der Waals surface area contributed by atoms with Gasteiger partial charge in [-0.05, 0) is 25.3 Å². The molecule has 0 bridgehead atoms. The number of nitrogens with one attached hydrogen (secondary N) is 2. The van der Waals surface area contributed by atoms with Gasteiger partial charge in [0.25, 0.3) is 0 Å². The summed E-state index contributed by atoms with van der Waals surface area (Å²) in [6, 6.07) is 9.96. The second kappa shape index (κ2) is 5.49. The molecule has 1 saturated carbocycles. The average Bonchev–Trinajstić information content (AvgIpc) is 2.74. The SMILES string of the molecule is Cc1cccc(CC(=O)Nc2cc(C3CCC3)[nH]n2)c1. The summed E-state index contributed by atoms with van der Waals surface area (Å²) in [5.74, 6) is 1.21. The summed E-state index contributed by atoms with van der Waals surface area (Å²) in [6.07, 6.45) is 4.11. The quantitative estimate of drug-likeness (QED) is 0.895. The van der Waals surface area contributed by atoms with Crippen LogP contribution >= 0.6 is 0 Å². The van der Waals surface area contributed by atoms with Crippen molar-refractivity contribution in [1.29, 1.82) is 0 Å². The second-order valence-electron chi connectivity index (χ2n) is 5.55. The van der Waals surface area contributed by atoms with Gasteiger partial charge in [-0.25, -0.2) is 0 Å². The van der Waals surface area contributed by atoms with Gasteiger partial charge in [-0.2, -0.15) is 5.10 Å². The van der Waals surface area contributed by atoms with Gasteiger partial charge in [0.15, 0.2) is 5.82 Å². The highest BCUT2D eigenvalue weighted by Crippen LogP contribution is 2.35. The van der Waals surface area contributed by atoms with Crippen molar-refractivity contribution < 1.29 is 4.79 Å². The zero-order chi connectivity index (χ0) is 13.9. The number of amides is 1. The van der Waals surface area contributed by atoms with Gasteiger partial charge < -0.3 is 5.32 Å². The molecule has 4 nitrogen and oxygen atoms in total. The van der Waals surface area contributed by atoms with Crippen LogP contribution in [-0.4, -0.2) is 16.1 Å². The van der Waals surface area contributed by atoms with Gasteiger partial charge in [0.2, 0.25) is 5.91 Å². The van der Waals surface area contributed by atoms with Crippen LogP contribution < -0.4 is 5.32 Å². The van der Waals surface area contributed by atoms with E-state index in [1.165, 1.54) is 24.8 Å². The van der Waals surface area contributed by atoms with Crippen molar-refractivity contribution in [2.45, 2.75) is 38.5 Å². The van der Waals surface area contributed by atoms with Crippen LogP contribution in [-0.2, 0) is 11.2 Å². The maximum Gasteiger partial charge on any atom is 0.229 e. The van der Waals surface area contributed by atoms with Gasteiger partial charge in [0.05, 0.1) is 6.42 Å². The number of carbonyl (C=O) groups is 1. The van der Waals surface area contributed by atoms with E-state index in [-0.39, 0.29) is 5.91 Å². The summed E-state index contributed by atoms with van der Waals surface area (Å²) in [5, 5.41) is 10.0. The van der Waals surface area contributed by atoms with Crippen LogP contribution in [0.3, 0.4) is 0 Å². The number of anilines is 1. The Morgan fingerprint density at radius 2 is 2.25 bits per heavy atom. The number of rotatable bonds is 4. The van der Waals surface area contributed by atoms with Gasteiger partial charge in [-0.3, -0.25) is 9.89 Å². The minimum absolute atomic E-state index is 0.0257. The van der Waals surface area contributed by atoms with E-state index in [1.807, 2.05) is 37.3 Å². The molecule has 1 aromatic carbocycles. The molecular formula is C16H19N3O. The number of H-pyrrole nitrogens is 1. The fourth-order valence-corrected chi connectivity index (χ4v) is 2.52. The number of hydrogen-bond donors (Lipinski definition) is 2. The lowest BCUT2D eigenvalue weighted by atomic mass is 9.83. The van der Waals surface area contributed by atoms with Crippen LogP contribution in [0.25, 0.3) is 0 Å². The highest BCUT2D eigenvalue weighted by molar-refractivity contribution is 5.91. The van der Waals surface area contributed by atoms with E-state index in [4.69, 9.17) is 0 Å². The molecule has 1 fully saturated rings. The molecule has 2 aromatic rings. The molecule has 1 aliphatic rings. The van der Waals surface area contributed by atoms with Crippen LogP contribution in [0.15, 0.2) is 30.3 Å². The molecule has 0 spiro atoms. The third-order valence-corrected chi connectivity index (χ3v) is 3.86. The Labute approximate surface area is 118 Å². The van der Waals surface area contributed by atoms with Crippen molar-refractivity contribution in [1.82, 2.24) is 10.2 Å². The number of carbonyl (C=O) groups excluding carboxylic acids is 1. The smallest absolute Gasteiger partial charge is 0.229 e.